The van der Waals surface area contributed by atoms with Gasteiger partial charge in [0.05, 0.1) is 5.92 Å². The quantitative estimate of drug-likeness (QED) is 0.277. The lowest BCUT2D eigenvalue weighted by molar-refractivity contribution is -0.0612. The zero-order chi connectivity index (χ0) is 9.19. The summed E-state index contributed by atoms with van der Waals surface area (Å²) in [5.41, 5.74) is 5.14. The first kappa shape index (κ1) is 9.22. The molecule has 3 N–H and O–H groups in total. The van der Waals surface area contributed by atoms with Crippen molar-refractivity contribution in [2.24, 2.45) is 16.8 Å². The highest BCUT2D eigenvalue weighted by atomic mass is 19.3. The van der Waals surface area contributed by atoms with Crippen LogP contribution in [0.3, 0.4) is 0 Å². The van der Waals surface area contributed by atoms with E-state index in [1.165, 1.54) is 0 Å². The first-order chi connectivity index (χ1) is 5.58. The van der Waals surface area contributed by atoms with Crippen LogP contribution in [0, 0.1) is 5.92 Å². The summed E-state index contributed by atoms with van der Waals surface area (Å²) < 4.78 is 26.1. The van der Waals surface area contributed by atoms with Crippen molar-refractivity contribution in [3.63, 3.8) is 0 Å². The predicted molar refractivity (Wildman–Crippen MR) is 40.3 cm³/mol. The van der Waals surface area contributed by atoms with Crippen LogP contribution in [0.15, 0.2) is 5.16 Å². The third kappa shape index (κ3) is 1.65. The number of nitrogens with two attached hydrogens (primary N) is 1. The van der Waals surface area contributed by atoms with Gasteiger partial charge in [-0.1, -0.05) is 11.6 Å². The van der Waals surface area contributed by atoms with Gasteiger partial charge in [0.25, 0.3) is 5.92 Å². The van der Waals surface area contributed by atoms with E-state index in [4.69, 9.17) is 10.9 Å². The molecular formula is C7H12F2N2O. The Morgan fingerprint density at radius 1 is 1.50 bits per heavy atom. The van der Waals surface area contributed by atoms with E-state index in [2.05, 4.69) is 5.16 Å². The number of hydrogen-bond donors (Lipinski definition) is 2. The van der Waals surface area contributed by atoms with Crippen LogP contribution in [0.25, 0.3) is 0 Å². The molecule has 12 heavy (non-hydrogen) atoms. The molecule has 0 aromatic rings. The minimum absolute atomic E-state index is 0.159. The molecule has 1 saturated carbocycles. The maximum Gasteiger partial charge on any atom is 0.258 e. The Labute approximate surface area is 69.2 Å². The highest BCUT2D eigenvalue weighted by Gasteiger charge is 2.43. The van der Waals surface area contributed by atoms with Crippen molar-refractivity contribution in [2.75, 3.05) is 0 Å². The summed E-state index contributed by atoms with van der Waals surface area (Å²) in [7, 11) is 0. The van der Waals surface area contributed by atoms with E-state index in [9.17, 15) is 8.78 Å². The normalized spacial score (nSPS) is 30.2. The topological polar surface area (TPSA) is 58.6 Å². The molecular weight excluding hydrogens is 166 g/mol. The Hall–Kier alpha value is -0.870. The highest BCUT2D eigenvalue weighted by Crippen LogP contribution is 2.38. The molecule has 1 unspecified atom stereocenters. The zero-order valence-corrected chi connectivity index (χ0v) is 6.63. The molecule has 0 radical (unpaired) electrons. The fraction of sp³-hybridized carbons (Fsp3) is 0.857. The van der Waals surface area contributed by atoms with Gasteiger partial charge in [0.2, 0.25) is 0 Å². The standard InChI is InChI=1S/C7H12F2N2O/c8-7(9)4-2-1-3-5(7)6(10)11-12/h5,12H,1-4H2,(H2,10,11). The van der Waals surface area contributed by atoms with Gasteiger partial charge in [-0.05, 0) is 12.8 Å². The van der Waals surface area contributed by atoms with Crippen molar-refractivity contribution < 1.29 is 14.0 Å². The van der Waals surface area contributed by atoms with Crippen LogP contribution >= 0.6 is 0 Å². The molecule has 0 aliphatic heterocycles. The van der Waals surface area contributed by atoms with E-state index < -0.39 is 11.8 Å². The van der Waals surface area contributed by atoms with Crippen molar-refractivity contribution in [3.8, 4) is 0 Å². The fourth-order valence-corrected chi connectivity index (χ4v) is 1.53. The van der Waals surface area contributed by atoms with Gasteiger partial charge in [-0.3, -0.25) is 0 Å². The SMILES string of the molecule is NC(=NO)C1CCCCC1(F)F. The van der Waals surface area contributed by atoms with Crippen LogP contribution in [0.1, 0.15) is 25.7 Å². The second-order valence-corrected chi connectivity index (χ2v) is 3.08. The Morgan fingerprint density at radius 2 is 2.17 bits per heavy atom. The first-order valence-electron chi connectivity index (χ1n) is 3.93. The molecule has 5 heteroatoms. The molecule has 1 rings (SSSR count). The molecule has 70 valence electrons. The van der Waals surface area contributed by atoms with Crippen molar-refractivity contribution in [3.05, 3.63) is 0 Å². The molecule has 0 heterocycles. The Kier molecular flexibility index (Phi) is 2.49. The number of oxime groups is 1. The maximum absolute atomic E-state index is 13.0. The molecule has 1 fully saturated rings. The summed E-state index contributed by atoms with van der Waals surface area (Å²) in [6, 6.07) is 0. The van der Waals surface area contributed by atoms with E-state index in [1.54, 1.807) is 0 Å². The van der Waals surface area contributed by atoms with Crippen LogP contribution in [-0.4, -0.2) is 17.0 Å². The molecule has 0 aromatic heterocycles. The van der Waals surface area contributed by atoms with E-state index in [-0.39, 0.29) is 12.3 Å². The first-order valence-corrected chi connectivity index (χ1v) is 3.93. The van der Waals surface area contributed by atoms with E-state index >= 15 is 0 Å². The summed E-state index contributed by atoms with van der Waals surface area (Å²) in [5.74, 6) is -4.22. The number of nitrogens with zero attached hydrogens (tertiary/aromatic N) is 1. The smallest absolute Gasteiger partial charge is 0.258 e. The average Bonchev–Trinajstić information content (AvgIpc) is 2.02. The Balaban J connectivity index is 2.73. The lowest BCUT2D eigenvalue weighted by Gasteiger charge is -2.29. The van der Waals surface area contributed by atoms with Crippen molar-refractivity contribution >= 4 is 5.84 Å². The van der Waals surface area contributed by atoms with Crippen molar-refractivity contribution in [1.29, 1.82) is 0 Å². The second-order valence-electron chi connectivity index (χ2n) is 3.08. The zero-order valence-electron chi connectivity index (χ0n) is 6.63. The molecule has 1 aliphatic rings. The Bertz CT molecular complexity index is 194. The molecule has 1 aliphatic carbocycles. The fourth-order valence-electron chi connectivity index (χ4n) is 1.53. The van der Waals surface area contributed by atoms with Crippen LogP contribution in [-0.2, 0) is 0 Å². The third-order valence-electron chi connectivity index (χ3n) is 2.24. The van der Waals surface area contributed by atoms with Gasteiger partial charge >= 0.3 is 0 Å². The molecule has 3 nitrogen and oxygen atoms in total. The summed E-state index contributed by atoms with van der Waals surface area (Å²) in [5, 5.41) is 10.9. The summed E-state index contributed by atoms with van der Waals surface area (Å²) in [6.45, 7) is 0. The molecule has 1 atom stereocenters. The lowest BCUT2D eigenvalue weighted by Crippen LogP contribution is -2.41. The monoisotopic (exact) mass is 178 g/mol. The largest absolute Gasteiger partial charge is 0.409 e. The van der Waals surface area contributed by atoms with Gasteiger partial charge in [-0.2, -0.15) is 0 Å². The number of hydrogen-bond acceptors (Lipinski definition) is 2. The van der Waals surface area contributed by atoms with Crippen molar-refractivity contribution in [2.45, 2.75) is 31.6 Å². The van der Waals surface area contributed by atoms with Gasteiger partial charge in [0, 0.05) is 6.42 Å². The van der Waals surface area contributed by atoms with Crippen molar-refractivity contribution in [1.82, 2.24) is 0 Å². The number of alkyl halides is 2. The number of rotatable bonds is 1. The third-order valence-corrected chi connectivity index (χ3v) is 2.24. The number of halogens is 2. The minimum Gasteiger partial charge on any atom is -0.409 e. The highest BCUT2D eigenvalue weighted by molar-refractivity contribution is 5.83. The predicted octanol–water partition coefficient (Wildman–Crippen LogP) is 1.56. The van der Waals surface area contributed by atoms with Gasteiger partial charge < -0.3 is 10.9 Å². The molecule has 0 amide bonds. The number of amidine groups is 1. The van der Waals surface area contributed by atoms with Crippen LogP contribution in [0.5, 0.6) is 0 Å². The molecule has 0 bridgehead atoms. The molecule has 0 spiro atoms. The second kappa shape index (κ2) is 3.25. The van der Waals surface area contributed by atoms with Gasteiger partial charge in [0.15, 0.2) is 0 Å². The summed E-state index contributed by atoms with van der Waals surface area (Å²) in [6.07, 6.45) is 1.38. The van der Waals surface area contributed by atoms with Gasteiger partial charge in [-0.25, -0.2) is 8.78 Å². The van der Waals surface area contributed by atoms with Crippen LogP contribution < -0.4 is 5.73 Å². The lowest BCUT2D eigenvalue weighted by atomic mass is 9.85. The van der Waals surface area contributed by atoms with Gasteiger partial charge in [-0.15, -0.1) is 0 Å². The molecule has 0 aromatic carbocycles. The summed E-state index contributed by atoms with van der Waals surface area (Å²) >= 11 is 0. The summed E-state index contributed by atoms with van der Waals surface area (Å²) in [4.78, 5) is 0. The van der Waals surface area contributed by atoms with Crippen LogP contribution in [0.4, 0.5) is 8.78 Å². The minimum atomic E-state index is -2.80. The maximum atomic E-state index is 13.0. The van der Waals surface area contributed by atoms with E-state index in [1.807, 2.05) is 0 Å². The Morgan fingerprint density at radius 3 is 2.67 bits per heavy atom. The van der Waals surface area contributed by atoms with E-state index in [0.29, 0.717) is 12.8 Å². The van der Waals surface area contributed by atoms with E-state index in [0.717, 1.165) is 6.42 Å². The van der Waals surface area contributed by atoms with Gasteiger partial charge in [0.1, 0.15) is 5.84 Å². The van der Waals surface area contributed by atoms with Crippen LogP contribution in [0.2, 0.25) is 0 Å². The molecule has 0 saturated heterocycles. The average molecular weight is 178 g/mol.